The van der Waals surface area contributed by atoms with Crippen LogP contribution in [0.2, 0.25) is 0 Å². The Labute approximate surface area is 111 Å². The zero-order valence-electron chi connectivity index (χ0n) is 11.3. The lowest BCUT2D eigenvalue weighted by Crippen LogP contribution is -2.50. The minimum atomic E-state index is -3.20. The summed E-state index contributed by atoms with van der Waals surface area (Å²) in [7, 11) is -1.27. The summed E-state index contributed by atoms with van der Waals surface area (Å²) in [6.07, 6.45) is 5.29. The molecule has 2 aliphatic rings. The van der Waals surface area contributed by atoms with Crippen LogP contribution in [0.5, 0.6) is 0 Å². The normalized spacial score (nSPS) is 28.4. The van der Waals surface area contributed by atoms with E-state index in [1.54, 1.807) is 8.61 Å². The predicted molar refractivity (Wildman–Crippen MR) is 72.6 cm³/mol. The van der Waals surface area contributed by atoms with Crippen molar-refractivity contribution >= 4 is 10.2 Å². The first-order chi connectivity index (χ1) is 8.64. The maximum atomic E-state index is 12.5. The molecular weight excluding hydrogens is 250 g/mol. The lowest BCUT2D eigenvalue weighted by molar-refractivity contribution is 0.236. The molecule has 0 spiro atoms. The monoisotopic (exact) mass is 275 g/mol. The maximum absolute atomic E-state index is 12.5. The van der Waals surface area contributed by atoms with Gasteiger partial charge in [0.1, 0.15) is 0 Å². The Morgan fingerprint density at radius 2 is 1.72 bits per heavy atom. The average Bonchev–Trinajstić information content (AvgIpc) is 2.40. The number of hydrogen-bond acceptors (Lipinski definition) is 3. The molecule has 0 amide bonds. The standard InChI is InChI=1S/C12H25N3O2S/c1-13-10-12-6-5-9-15(11-12)18(16,17)14-7-3-2-4-8-14/h12-13H,2-11H2,1H3. The van der Waals surface area contributed by atoms with E-state index in [0.29, 0.717) is 32.1 Å². The van der Waals surface area contributed by atoms with E-state index in [9.17, 15) is 8.42 Å². The highest BCUT2D eigenvalue weighted by Crippen LogP contribution is 2.22. The second-order valence-electron chi connectivity index (χ2n) is 5.39. The summed E-state index contributed by atoms with van der Waals surface area (Å²) in [6, 6.07) is 0. The molecule has 0 aromatic rings. The van der Waals surface area contributed by atoms with Crippen LogP contribution in [-0.4, -0.2) is 56.8 Å². The van der Waals surface area contributed by atoms with Gasteiger partial charge < -0.3 is 5.32 Å². The number of hydrogen-bond donors (Lipinski definition) is 1. The molecule has 0 saturated carbocycles. The van der Waals surface area contributed by atoms with Crippen molar-refractivity contribution in [2.45, 2.75) is 32.1 Å². The molecule has 0 aliphatic carbocycles. The molecule has 0 aromatic heterocycles. The Kier molecular flexibility index (Phi) is 5.00. The van der Waals surface area contributed by atoms with Crippen LogP contribution in [-0.2, 0) is 10.2 Å². The molecule has 1 atom stereocenters. The van der Waals surface area contributed by atoms with Crippen LogP contribution >= 0.6 is 0 Å². The van der Waals surface area contributed by atoms with E-state index in [-0.39, 0.29) is 0 Å². The van der Waals surface area contributed by atoms with Gasteiger partial charge >= 0.3 is 0 Å². The van der Waals surface area contributed by atoms with Gasteiger partial charge in [0.2, 0.25) is 0 Å². The van der Waals surface area contributed by atoms with Crippen LogP contribution in [0.4, 0.5) is 0 Å². The molecular formula is C12H25N3O2S. The fraction of sp³-hybridized carbons (Fsp3) is 1.00. The molecule has 1 unspecified atom stereocenters. The van der Waals surface area contributed by atoms with E-state index in [0.717, 1.165) is 38.6 Å². The maximum Gasteiger partial charge on any atom is 0.281 e. The van der Waals surface area contributed by atoms with E-state index in [1.165, 1.54) is 0 Å². The minimum Gasteiger partial charge on any atom is -0.319 e. The largest absolute Gasteiger partial charge is 0.319 e. The highest BCUT2D eigenvalue weighted by molar-refractivity contribution is 7.86. The van der Waals surface area contributed by atoms with Gasteiger partial charge in [0, 0.05) is 26.2 Å². The molecule has 2 saturated heterocycles. The fourth-order valence-electron chi connectivity index (χ4n) is 2.95. The lowest BCUT2D eigenvalue weighted by atomic mass is 10.00. The van der Waals surface area contributed by atoms with Gasteiger partial charge in [0.25, 0.3) is 10.2 Å². The fourth-order valence-corrected chi connectivity index (χ4v) is 4.76. The summed E-state index contributed by atoms with van der Waals surface area (Å²) in [6.45, 7) is 3.69. The van der Waals surface area contributed by atoms with E-state index in [1.807, 2.05) is 7.05 Å². The van der Waals surface area contributed by atoms with Crippen molar-refractivity contribution in [1.82, 2.24) is 13.9 Å². The summed E-state index contributed by atoms with van der Waals surface area (Å²) >= 11 is 0. The molecule has 5 nitrogen and oxygen atoms in total. The Hall–Kier alpha value is -0.170. The van der Waals surface area contributed by atoms with Gasteiger partial charge in [-0.3, -0.25) is 0 Å². The molecule has 2 rings (SSSR count). The molecule has 2 fully saturated rings. The van der Waals surface area contributed by atoms with Crippen molar-refractivity contribution in [3.05, 3.63) is 0 Å². The van der Waals surface area contributed by atoms with Gasteiger partial charge in [-0.2, -0.15) is 17.0 Å². The van der Waals surface area contributed by atoms with Crippen molar-refractivity contribution in [2.75, 3.05) is 39.8 Å². The Morgan fingerprint density at radius 1 is 1.06 bits per heavy atom. The van der Waals surface area contributed by atoms with Crippen LogP contribution in [0, 0.1) is 5.92 Å². The Bertz CT molecular complexity index is 350. The number of rotatable bonds is 4. The van der Waals surface area contributed by atoms with Crippen molar-refractivity contribution in [3.8, 4) is 0 Å². The van der Waals surface area contributed by atoms with Crippen LogP contribution < -0.4 is 5.32 Å². The molecule has 18 heavy (non-hydrogen) atoms. The zero-order valence-corrected chi connectivity index (χ0v) is 12.1. The van der Waals surface area contributed by atoms with Crippen LogP contribution in [0.15, 0.2) is 0 Å². The van der Waals surface area contributed by atoms with Gasteiger partial charge in [-0.15, -0.1) is 0 Å². The molecule has 0 radical (unpaired) electrons. The first-order valence-electron chi connectivity index (χ1n) is 7.04. The summed E-state index contributed by atoms with van der Waals surface area (Å²) in [5.74, 6) is 0.461. The third-order valence-corrected chi connectivity index (χ3v) is 5.94. The Morgan fingerprint density at radius 3 is 2.39 bits per heavy atom. The number of nitrogens with zero attached hydrogens (tertiary/aromatic N) is 2. The van der Waals surface area contributed by atoms with E-state index < -0.39 is 10.2 Å². The van der Waals surface area contributed by atoms with Crippen LogP contribution in [0.25, 0.3) is 0 Å². The number of piperidine rings is 2. The van der Waals surface area contributed by atoms with Crippen molar-refractivity contribution < 1.29 is 8.42 Å². The minimum absolute atomic E-state index is 0.461. The Balaban J connectivity index is 1.99. The quantitative estimate of drug-likeness (QED) is 0.819. The molecule has 0 aromatic carbocycles. The predicted octanol–water partition coefficient (Wildman–Crippen LogP) is 0.649. The van der Waals surface area contributed by atoms with Crippen LogP contribution in [0.1, 0.15) is 32.1 Å². The molecule has 1 N–H and O–H groups in total. The van der Waals surface area contributed by atoms with Gasteiger partial charge in [-0.1, -0.05) is 6.42 Å². The molecule has 106 valence electrons. The average molecular weight is 275 g/mol. The van der Waals surface area contributed by atoms with E-state index >= 15 is 0 Å². The smallest absolute Gasteiger partial charge is 0.281 e. The number of nitrogens with one attached hydrogen (secondary N) is 1. The van der Waals surface area contributed by atoms with Gasteiger partial charge in [-0.25, -0.2) is 0 Å². The summed E-state index contributed by atoms with van der Waals surface area (Å²) < 4.78 is 28.4. The van der Waals surface area contributed by atoms with E-state index in [2.05, 4.69) is 5.32 Å². The van der Waals surface area contributed by atoms with Crippen molar-refractivity contribution in [2.24, 2.45) is 5.92 Å². The molecule has 6 heteroatoms. The first-order valence-corrected chi connectivity index (χ1v) is 8.44. The molecule has 2 aliphatic heterocycles. The highest BCUT2D eigenvalue weighted by atomic mass is 32.2. The summed E-state index contributed by atoms with van der Waals surface area (Å²) in [5, 5.41) is 3.15. The second kappa shape index (κ2) is 6.32. The summed E-state index contributed by atoms with van der Waals surface area (Å²) in [4.78, 5) is 0. The van der Waals surface area contributed by atoms with Crippen molar-refractivity contribution in [3.63, 3.8) is 0 Å². The molecule has 2 heterocycles. The highest BCUT2D eigenvalue weighted by Gasteiger charge is 2.33. The SMILES string of the molecule is CNCC1CCCN(S(=O)(=O)N2CCCCC2)C1. The molecule has 0 bridgehead atoms. The lowest BCUT2D eigenvalue weighted by Gasteiger charge is -2.36. The third-order valence-electron chi connectivity index (χ3n) is 3.94. The van der Waals surface area contributed by atoms with Gasteiger partial charge in [0.05, 0.1) is 0 Å². The second-order valence-corrected chi connectivity index (χ2v) is 7.32. The van der Waals surface area contributed by atoms with Gasteiger partial charge in [-0.05, 0) is 45.2 Å². The summed E-state index contributed by atoms with van der Waals surface area (Å²) in [5.41, 5.74) is 0. The van der Waals surface area contributed by atoms with Gasteiger partial charge in [0.15, 0.2) is 0 Å². The zero-order chi connectivity index (χ0) is 13.0. The van der Waals surface area contributed by atoms with E-state index in [4.69, 9.17) is 0 Å². The third kappa shape index (κ3) is 3.23. The topological polar surface area (TPSA) is 52.7 Å². The van der Waals surface area contributed by atoms with Crippen molar-refractivity contribution in [1.29, 1.82) is 0 Å². The first kappa shape index (κ1) is 14.2. The van der Waals surface area contributed by atoms with Crippen LogP contribution in [0.3, 0.4) is 0 Å².